The third-order valence-electron chi connectivity index (χ3n) is 2.87. The molecule has 0 saturated carbocycles. The van der Waals surface area contributed by atoms with Crippen molar-refractivity contribution in [1.29, 1.82) is 0 Å². The van der Waals surface area contributed by atoms with Crippen molar-refractivity contribution in [3.8, 4) is 0 Å². The van der Waals surface area contributed by atoms with E-state index in [4.69, 9.17) is 0 Å². The fraction of sp³-hybridized carbons (Fsp3) is 1.00. The number of sulfonamides is 1. The first-order valence-electron chi connectivity index (χ1n) is 6.24. The van der Waals surface area contributed by atoms with Crippen molar-refractivity contribution in [1.82, 2.24) is 14.9 Å². The van der Waals surface area contributed by atoms with Crippen molar-refractivity contribution >= 4 is 10.0 Å². The topological polar surface area (TPSA) is 61.4 Å². The van der Waals surface area contributed by atoms with Gasteiger partial charge in [-0.25, -0.2) is 13.1 Å². The SMILES string of the molecule is CC(CN(C)C)NS(=O)(=O)CC1CCCNC1. The minimum Gasteiger partial charge on any atom is -0.316 e. The first-order chi connectivity index (χ1) is 7.89. The zero-order valence-electron chi connectivity index (χ0n) is 11.1. The molecule has 0 spiro atoms. The van der Waals surface area contributed by atoms with Crippen LogP contribution in [0.2, 0.25) is 0 Å². The fourth-order valence-electron chi connectivity index (χ4n) is 2.32. The van der Waals surface area contributed by atoms with Crippen LogP contribution in [0.1, 0.15) is 19.8 Å². The van der Waals surface area contributed by atoms with Gasteiger partial charge in [-0.1, -0.05) is 0 Å². The largest absolute Gasteiger partial charge is 0.316 e. The third-order valence-corrected chi connectivity index (χ3v) is 4.55. The van der Waals surface area contributed by atoms with Crippen LogP contribution in [0.25, 0.3) is 0 Å². The van der Waals surface area contributed by atoms with E-state index in [1.54, 1.807) is 0 Å². The Hall–Kier alpha value is -0.170. The average Bonchev–Trinajstić information content (AvgIpc) is 2.15. The second-order valence-electron chi connectivity index (χ2n) is 5.27. The van der Waals surface area contributed by atoms with Gasteiger partial charge < -0.3 is 10.2 Å². The number of nitrogens with one attached hydrogen (secondary N) is 2. The van der Waals surface area contributed by atoms with Crippen LogP contribution in [0.4, 0.5) is 0 Å². The minimum atomic E-state index is -3.14. The second kappa shape index (κ2) is 6.68. The van der Waals surface area contributed by atoms with E-state index in [1.807, 2.05) is 25.9 Å². The summed E-state index contributed by atoms with van der Waals surface area (Å²) in [5.41, 5.74) is 0. The lowest BCUT2D eigenvalue weighted by atomic mass is 10.0. The molecule has 0 amide bonds. The van der Waals surface area contributed by atoms with Crippen LogP contribution in [0, 0.1) is 5.92 Å². The van der Waals surface area contributed by atoms with Gasteiger partial charge >= 0.3 is 0 Å². The molecule has 1 aliphatic heterocycles. The minimum absolute atomic E-state index is 0.0356. The molecule has 2 unspecified atom stereocenters. The maximum Gasteiger partial charge on any atom is 0.212 e. The van der Waals surface area contributed by atoms with E-state index in [0.717, 1.165) is 32.5 Å². The molecule has 1 aliphatic rings. The molecule has 2 atom stereocenters. The quantitative estimate of drug-likeness (QED) is 0.700. The number of hydrogen-bond donors (Lipinski definition) is 2. The maximum atomic E-state index is 11.9. The summed E-state index contributed by atoms with van der Waals surface area (Å²) in [4.78, 5) is 1.98. The Labute approximate surface area is 105 Å². The van der Waals surface area contributed by atoms with Crippen LogP contribution in [0.15, 0.2) is 0 Å². The summed E-state index contributed by atoms with van der Waals surface area (Å²) in [6.07, 6.45) is 2.09. The molecule has 0 aromatic rings. The monoisotopic (exact) mass is 263 g/mol. The van der Waals surface area contributed by atoms with Crippen molar-refractivity contribution in [3.05, 3.63) is 0 Å². The number of rotatable bonds is 6. The van der Waals surface area contributed by atoms with Gasteiger partial charge in [0.05, 0.1) is 5.75 Å². The van der Waals surface area contributed by atoms with Gasteiger partial charge in [0.1, 0.15) is 0 Å². The number of likely N-dealkylation sites (N-methyl/N-ethyl adjacent to an activating group) is 1. The standard InChI is InChI=1S/C11H25N3O2S/c1-10(8-14(2)3)13-17(15,16)9-11-5-4-6-12-7-11/h10-13H,4-9H2,1-3H3. The molecule has 1 fully saturated rings. The first-order valence-corrected chi connectivity index (χ1v) is 7.90. The van der Waals surface area contributed by atoms with Gasteiger partial charge in [-0.15, -0.1) is 0 Å². The fourth-order valence-corrected chi connectivity index (χ4v) is 4.01. The summed E-state index contributed by atoms with van der Waals surface area (Å²) < 4.78 is 26.6. The van der Waals surface area contributed by atoms with Crippen LogP contribution in [0.3, 0.4) is 0 Å². The Balaban J connectivity index is 2.39. The van der Waals surface area contributed by atoms with Crippen molar-refractivity contribution in [2.75, 3.05) is 39.5 Å². The maximum absolute atomic E-state index is 11.9. The Morgan fingerprint density at radius 1 is 1.47 bits per heavy atom. The average molecular weight is 263 g/mol. The van der Waals surface area contributed by atoms with Crippen LogP contribution in [-0.4, -0.2) is 58.8 Å². The van der Waals surface area contributed by atoms with Crippen molar-refractivity contribution in [3.63, 3.8) is 0 Å². The Morgan fingerprint density at radius 3 is 2.71 bits per heavy atom. The van der Waals surface area contributed by atoms with Gasteiger partial charge in [-0.2, -0.15) is 0 Å². The molecule has 102 valence electrons. The van der Waals surface area contributed by atoms with Gasteiger partial charge in [-0.3, -0.25) is 0 Å². The Bertz CT molecular complexity index is 311. The van der Waals surface area contributed by atoms with E-state index in [0.29, 0.717) is 0 Å². The second-order valence-corrected chi connectivity index (χ2v) is 7.07. The van der Waals surface area contributed by atoms with Gasteiger partial charge in [0.2, 0.25) is 10.0 Å². The van der Waals surface area contributed by atoms with Gasteiger partial charge in [0.15, 0.2) is 0 Å². The van der Waals surface area contributed by atoms with E-state index in [9.17, 15) is 8.42 Å². The van der Waals surface area contributed by atoms with E-state index >= 15 is 0 Å². The highest BCUT2D eigenvalue weighted by Gasteiger charge is 2.22. The molecule has 17 heavy (non-hydrogen) atoms. The molecule has 2 N–H and O–H groups in total. The summed E-state index contributed by atoms with van der Waals surface area (Å²) in [6.45, 7) is 4.46. The lowest BCUT2D eigenvalue weighted by molar-refractivity contribution is 0.367. The predicted molar refractivity (Wildman–Crippen MR) is 70.5 cm³/mol. The van der Waals surface area contributed by atoms with Crippen LogP contribution < -0.4 is 10.0 Å². The lowest BCUT2D eigenvalue weighted by Crippen LogP contribution is -2.43. The molecule has 0 aromatic heterocycles. The first kappa shape index (κ1) is 14.9. The number of nitrogens with zero attached hydrogens (tertiary/aromatic N) is 1. The molecular formula is C11H25N3O2S. The van der Waals surface area contributed by atoms with Gasteiger partial charge in [-0.05, 0) is 52.9 Å². The van der Waals surface area contributed by atoms with Crippen LogP contribution in [-0.2, 0) is 10.0 Å². The van der Waals surface area contributed by atoms with Crippen molar-refractivity contribution < 1.29 is 8.42 Å². The molecule has 1 saturated heterocycles. The summed E-state index contributed by atoms with van der Waals surface area (Å²) >= 11 is 0. The highest BCUT2D eigenvalue weighted by atomic mass is 32.2. The van der Waals surface area contributed by atoms with Crippen LogP contribution in [0.5, 0.6) is 0 Å². The van der Waals surface area contributed by atoms with E-state index in [1.165, 1.54) is 0 Å². The highest BCUT2D eigenvalue weighted by Crippen LogP contribution is 2.12. The number of piperidine rings is 1. The highest BCUT2D eigenvalue weighted by molar-refractivity contribution is 7.89. The molecule has 0 radical (unpaired) electrons. The van der Waals surface area contributed by atoms with Crippen molar-refractivity contribution in [2.24, 2.45) is 5.92 Å². The normalized spacial score (nSPS) is 23.9. The molecule has 6 heteroatoms. The van der Waals surface area contributed by atoms with E-state index < -0.39 is 10.0 Å². The van der Waals surface area contributed by atoms with Gasteiger partial charge in [0, 0.05) is 12.6 Å². The third kappa shape index (κ3) is 6.35. The van der Waals surface area contributed by atoms with Gasteiger partial charge in [0.25, 0.3) is 0 Å². The smallest absolute Gasteiger partial charge is 0.212 e. The molecular weight excluding hydrogens is 238 g/mol. The van der Waals surface area contributed by atoms with E-state index in [-0.39, 0.29) is 17.7 Å². The summed E-state index contributed by atoms with van der Waals surface area (Å²) in [7, 11) is 0.738. The molecule has 5 nitrogen and oxygen atoms in total. The molecule has 0 aromatic carbocycles. The molecule has 1 heterocycles. The zero-order chi connectivity index (χ0) is 12.9. The summed E-state index contributed by atoms with van der Waals surface area (Å²) in [5, 5.41) is 3.24. The summed E-state index contributed by atoms with van der Waals surface area (Å²) in [6, 6.07) is -0.0356. The zero-order valence-corrected chi connectivity index (χ0v) is 11.9. The lowest BCUT2D eigenvalue weighted by Gasteiger charge is -2.24. The Kier molecular flexibility index (Phi) is 5.85. The van der Waals surface area contributed by atoms with Crippen LogP contribution >= 0.6 is 0 Å². The summed E-state index contributed by atoms with van der Waals surface area (Å²) in [5.74, 6) is 0.505. The molecule has 0 aliphatic carbocycles. The predicted octanol–water partition coefficient (Wildman–Crippen LogP) is -0.144. The van der Waals surface area contributed by atoms with E-state index in [2.05, 4.69) is 10.0 Å². The number of hydrogen-bond acceptors (Lipinski definition) is 4. The Morgan fingerprint density at radius 2 is 2.18 bits per heavy atom. The molecule has 1 rings (SSSR count). The van der Waals surface area contributed by atoms with Crippen molar-refractivity contribution in [2.45, 2.75) is 25.8 Å². The molecule has 0 bridgehead atoms.